The molecule has 134 valence electrons. The summed E-state index contributed by atoms with van der Waals surface area (Å²) in [5, 5.41) is 30.7. The number of hydrogen-bond donors (Lipinski definition) is 3. The molecule has 3 atom stereocenters. The second-order valence-electron chi connectivity index (χ2n) is 7.78. The highest BCUT2D eigenvalue weighted by Gasteiger charge is 2.66. The molecule has 4 saturated carbocycles. The predicted octanol–water partition coefficient (Wildman–Crippen LogP) is 0.0659. The zero-order valence-corrected chi connectivity index (χ0v) is 13.6. The van der Waals surface area contributed by atoms with Crippen LogP contribution in [0.4, 0.5) is 0 Å². The van der Waals surface area contributed by atoms with Crippen molar-refractivity contribution in [2.24, 2.45) is 11.3 Å². The van der Waals surface area contributed by atoms with E-state index in [0.717, 1.165) is 6.08 Å². The van der Waals surface area contributed by atoms with Crippen molar-refractivity contribution < 1.29 is 34.4 Å². The van der Waals surface area contributed by atoms with Crippen LogP contribution in [0.2, 0.25) is 0 Å². The van der Waals surface area contributed by atoms with Crippen molar-refractivity contribution in [2.45, 2.75) is 55.8 Å². The molecule has 0 aromatic heterocycles. The molecule has 4 bridgehead atoms. The van der Waals surface area contributed by atoms with Gasteiger partial charge in [0.1, 0.15) is 6.61 Å². The fourth-order valence-corrected chi connectivity index (χ4v) is 5.20. The van der Waals surface area contributed by atoms with Gasteiger partial charge >= 0.3 is 11.9 Å². The van der Waals surface area contributed by atoms with Gasteiger partial charge in [-0.25, -0.2) is 4.79 Å². The zero-order chi connectivity index (χ0) is 17.6. The molecule has 4 rings (SSSR count). The molecule has 24 heavy (non-hydrogen) atoms. The largest absolute Gasteiger partial charge is 0.458 e. The van der Waals surface area contributed by atoms with E-state index in [1.165, 1.54) is 0 Å². The van der Waals surface area contributed by atoms with Crippen LogP contribution < -0.4 is 0 Å². The van der Waals surface area contributed by atoms with E-state index in [4.69, 9.17) is 9.47 Å². The molecule has 4 aliphatic rings. The normalized spacial score (nSPS) is 40.9. The number of carbonyl (C=O) groups is 2. The van der Waals surface area contributed by atoms with Gasteiger partial charge < -0.3 is 24.8 Å². The first kappa shape index (κ1) is 17.4. The molecule has 0 aromatic carbocycles. The Morgan fingerprint density at radius 3 is 2.29 bits per heavy atom. The number of carbonyl (C=O) groups excluding carboxylic acids is 2. The van der Waals surface area contributed by atoms with Gasteiger partial charge in [0.25, 0.3) is 0 Å². The minimum atomic E-state index is -1.03. The van der Waals surface area contributed by atoms with Crippen molar-refractivity contribution in [1.29, 1.82) is 0 Å². The molecule has 3 unspecified atom stereocenters. The highest BCUT2D eigenvalue weighted by Crippen LogP contribution is 2.63. The van der Waals surface area contributed by atoms with Crippen LogP contribution >= 0.6 is 0 Å². The number of esters is 2. The third-order valence-corrected chi connectivity index (χ3v) is 5.50. The third kappa shape index (κ3) is 3.08. The quantitative estimate of drug-likeness (QED) is 0.463. The van der Waals surface area contributed by atoms with Crippen molar-refractivity contribution in [2.75, 3.05) is 13.2 Å². The molecule has 0 heterocycles. The molecule has 0 aliphatic heterocycles. The first-order valence-corrected chi connectivity index (χ1v) is 8.27. The van der Waals surface area contributed by atoms with Crippen LogP contribution in [0.25, 0.3) is 0 Å². The number of hydrogen-bond acceptors (Lipinski definition) is 7. The lowest BCUT2D eigenvalue weighted by atomic mass is 9.46. The SMILES string of the molecule is C=CC(=O)OCC(CO)OC(=O)C12CC3CC(O)(CC(O)(C3)C1)C2. The number of aliphatic hydroxyl groups excluding tert-OH is 1. The molecule has 7 nitrogen and oxygen atoms in total. The van der Waals surface area contributed by atoms with Gasteiger partial charge in [0.05, 0.1) is 23.2 Å². The summed E-state index contributed by atoms with van der Waals surface area (Å²) in [5.74, 6) is -1.12. The highest BCUT2D eigenvalue weighted by atomic mass is 16.6. The van der Waals surface area contributed by atoms with Crippen LogP contribution in [-0.4, -0.2) is 57.8 Å². The Labute approximate surface area is 140 Å². The Bertz CT molecular complexity index is 539. The van der Waals surface area contributed by atoms with Gasteiger partial charge in [0.2, 0.25) is 0 Å². The second-order valence-corrected chi connectivity index (χ2v) is 7.78. The van der Waals surface area contributed by atoms with Gasteiger partial charge in [-0.15, -0.1) is 0 Å². The van der Waals surface area contributed by atoms with Gasteiger partial charge in [0.15, 0.2) is 6.10 Å². The maximum atomic E-state index is 12.7. The van der Waals surface area contributed by atoms with E-state index in [0.29, 0.717) is 25.7 Å². The van der Waals surface area contributed by atoms with Gasteiger partial charge in [-0.05, 0) is 38.0 Å². The van der Waals surface area contributed by atoms with Crippen LogP contribution in [0.3, 0.4) is 0 Å². The summed E-state index contributed by atoms with van der Waals surface area (Å²) in [6, 6.07) is 0. The van der Waals surface area contributed by atoms with E-state index < -0.39 is 41.3 Å². The Morgan fingerprint density at radius 1 is 1.17 bits per heavy atom. The van der Waals surface area contributed by atoms with Crippen molar-refractivity contribution >= 4 is 11.9 Å². The van der Waals surface area contributed by atoms with Crippen LogP contribution in [0.15, 0.2) is 12.7 Å². The zero-order valence-electron chi connectivity index (χ0n) is 13.6. The number of rotatable bonds is 6. The van der Waals surface area contributed by atoms with Crippen molar-refractivity contribution in [3.63, 3.8) is 0 Å². The van der Waals surface area contributed by atoms with E-state index in [9.17, 15) is 24.9 Å². The summed E-state index contributed by atoms with van der Waals surface area (Å²) in [6.07, 6.45) is 2.62. The molecule has 0 spiro atoms. The molecule has 0 amide bonds. The van der Waals surface area contributed by atoms with E-state index in [-0.39, 0.29) is 25.4 Å². The van der Waals surface area contributed by atoms with Crippen LogP contribution in [0.1, 0.15) is 38.5 Å². The topological polar surface area (TPSA) is 113 Å². The molecule has 0 radical (unpaired) electrons. The minimum absolute atomic E-state index is 0.0926. The average Bonchev–Trinajstić information content (AvgIpc) is 2.47. The molecular formula is C17H24O7. The Hall–Kier alpha value is -1.44. The third-order valence-electron chi connectivity index (χ3n) is 5.50. The average molecular weight is 340 g/mol. The lowest BCUT2D eigenvalue weighted by Crippen LogP contribution is -2.65. The summed E-state index contributed by atoms with van der Waals surface area (Å²) in [7, 11) is 0. The lowest BCUT2D eigenvalue weighted by molar-refractivity contribution is -0.240. The van der Waals surface area contributed by atoms with Crippen molar-refractivity contribution in [1.82, 2.24) is 0 Å². The van der Waals surface area contributed by atoms with Gasteiger partial charge in [0, 0.05) is 12.5 Å². The van der Waals surface area contributed by atoms with E-state index in [1.807, 2.05) is 0 Å². The van der Waals surface area contributed by atoms with Crippen molar-refractivity contribution in [3.05, 3.63) is 12.7 Å². The molecule has 0 aromatic rings. The monoisotopic (exact) mass is 340 g/mol. The number of aliphatic hydroxyl groups is 3. The standard InChI is InChI=1S/C17H24O7/c1-2-13(19)23-7-12(6-18)24-14(20)15-3-11-4-16(21,8-15)10-17(22,5-11)9-15/h2,11-12,18,21-22H,1,3-10H2. The van der Waals surface area contributed by atoms with Gasteiger partial charge in [-0.1, -0.05) is 6.58 Å². The lowest BCUT2D eigenvalue weighted by Gasteiger charge is -2.62. The first-order valence-electron chi connectivity index (χ1n) is 8.27. The summed E-state index contributed by atoms with van der Waals surface area (Å²) in [5.41, 5.74) is -2.99. The summed E-state index contributed by atoms with van der Waals surface area (Å²) in [6.45, 7) is 2.52. The molecule has 0 saturated heterocycles. The first-order chi connectivity index (χ1) is 11.2. The second kappa shape index (κ2) is 5.82. The van der Waals surface area contributed by atoms with E-state index in [1.54, 1.807) is 0 Å². The molecular weight excluding hydrogens is 316 g/mol. The van der Waals surface area contributed by atoms with E-state index >= 15 is 0 Å². The van der Waals surface area contributed by atoms with Crippen molar-refractivity contribution in [3.8, 4) is 0 Å². The summed E-state index contributed by atoms with van der Waals surface area (Å²) in [4.78, 5) is 23.8. The van der Waals surface area contributed by atoms with E-state index in [2.05, 4.69) is 6.58 Å². The summed E-state index contributed by atoms with van der Waals surface area (Å²) < 4.78 is 10.2. The molecule has 4 fully saturated rings. The fourth-order valence-electron chi connectivity index (χ4n) is 5.20. The van der Waals surface area contributed by atoms with Crippen LogP contribution in [0, 0.1) is 11.3 Å². The van der Waals surface area contributed by atoms with Gasteiger partial charge in [-0.3, -0.25) is 4.79 Å². The maximum absolute atomic E-state index is 12.7. The Balaban J connectivity index is 1.70. The number of ether oxygens (including phenoxy) is 2. The molecule has 7 heteroatoms. The van der Waals surface area contributed by atoms with Gasteiger partial charge in [-0.2, -0.15) is 0 Å². The highest BCUT2D eigenvalue weighted by molar-refractivity contribution is 5.81. The smallest absolute Gasteiger partial charge is 0.330 e. The minimum Gasteiger partial charge on any atom is -0.458 e. The van der Waals surface area contributed by atoms with Crippen LogP contribution in [-0.2, 0) is 19.1 Å². The fraction of sp³-hybridized carbons (Fsp3) is 0.765. The van der Waals surface area contributed by atoms with Crippen LogP contribution in [0.5, 0.6) is 0 Å². The Morgan fingerprint density at radius 2 is 1.79 bits per heavy atom. The summed E-state index contributed by atoms with van der Waals surface area (Å²) >= 11 is 0. The predicted molar refractivity (Wildman–Crippen MR) is 81.6 cm³/mol. The maximum Gasteiger partial charge on any atom is 0.330 e. The molecule has 4 aliphatic carbocycles. The molecule has 3 N–H and O–H groups in total. The Kier molecular flexibility index (Phi) is 4.22.